The number of carbonyl (C=O) groups is 1. The van der Waals surface area contributed by atoms with Gasteiger partial charge in [0.1, 0.15) is 27.0 Å². The summed E-state index contributed by atoms with van der Waals surface area (Å²) < 4.78 is 13.6. The van der Waals surface area contributed by atoms with Gasteiger partial charge >= 0.3 is 0 Å². The number of hydrogen-bond acceptors (Lipinski definition) is 9. The summed E-state index contributed by atoms with van der Waals surface area (Å²) in [4.78, 5) is 23.7. The second-order valence-corrected chi connectivity index (χ2v) is 12.1. The largest absolute Gasteiger partial charge is 0.611 e. The molecular weight excluding hydrogens is 513 g/mol. The Morgan fingerprint density at radius 1 is 1.31 bits per heavy atom. The zero-order valence-electron chi connectivity index (χ0n) is 20.0. The third-order valence-corrected chi connectivity index (χ3v) is 9.15. The van der Waals surface area contributed by atoms with Gasteiger partial charge in [0.05, 0.1) is 12.6 Å². The van der Waals surface area contributed by atoms with Crippen LogP contribution in [0.15, 0.2) is 46.1 Å². The monoisotopic (exact) mass is 538 g/mol. The van der Waals surface area contributed by atoms with Crippen LogP contribution in [0.2, 0.25) is 0 Å². The number of nitrogens with two attached hydrogens (primary N) is 1. The lowest BCUT2D eigenvalue weighted by Crippen LogP contribution is -2.32. The molecule has 4 rings (SSSR count). The first-order valence-electron chi connectivity index (χ1n) is 11.3. The number of likely N-dealkylation sites (N-methyl/N-ethyl adjacent to an activating group) is 1. The Balaban J connectivity index is 1.70. The molecule has 11 heteroatoms. The lowest BCUT2D eigenvalue weighted by molar-refractivity contribution is -0.121. The van der Waals surface area contributed by atoms with Gasteiger partial charge in [-0.2, -0.15) is 5.26 Å². The summed E-state index contributed by atoms with van der Waals surface area (Å²) in [5, 5.41) is 15.2. The number of nitrogen functional groups attached to an aromatic ring is 1. The van der Waals surface area contributed by atoms with Crippen molar-refractivity contribution in [3.63, 3.8) is 0 Å². The number of anilines is 1. The second kappa shape index (κ2) is 11.8. The van der Waals surface area contributed by atoms with E-state index in [2.05, 4.69) is 16.4 Å². The number of benzene rings is 1. The van der Waals surface area contributed by atoms with E-state index < -0.39 is 11.2 Å². The number of thiazole rings is 1. The van der Waals surface area contributed by atoms with Gasteiger partial charge in [0.15, 0.2) is 0 Å². The SMILES string of the molecule is CN(C)CC(=O)NCc1ccc(-c2cc(-c3nccs3)nc3sc([S+]([O-])CCCC#N)c(N)c23)cc1. The van der Waals surface area contributed by atoms with Crippen molar-refractivity contribution in [2.45, 2.75) is 23.6 Å². The topological polar surface area (TPSA) is 131 Å². The highest BCUT2D eigenvalue weighted by atomic mass is 32.2. The predicted molar refractivity (Wildman–Crippen MR) is 147 cm³/mol. The lowest BCUT2D eigenvalue weighted by Gasteiger charge is -2.11. The summed E-state index contributed by atoms with van der Waals surface area (Å²) in [5.41, 5.74) is 10.6. The molecule has 3 aromatic heterocycles. The molecule has 1 amide bonds. The molecule has 0 radical (unpaired) electrons. The van der Waals surface area contributed by atoms with Crippen molar-refractivity contribution in [1.29, 1.82) is 5.26 Å². The number of unbranched alkanes of at least 4 members (excludes halogenated alkanes) is 1. The number of thiophene rings is 1. The predicted octanol–water partition coefficient (Wildman–Crippen LogP) is 4.26. The van der Waals surface area contributed by atoms with Crippen LogP contribution in [0.3, 0.4) is 0 Å². The standard InChI is InChI=1S/C25H26N6O2S3/c1-31(2)15-20(32)29-14-16-5-7-17(8-6-16)18-13-19(23-28-10-11-34-23)30-24-21(18)22(27)25(35-24)36(33)12-4-3-9-26/h5-8,10-11,13H,3-4,12,14-15,27H2,1-2H3,(H,29,32). The van der Waals surface area contributed by atoms with Crippen molar-refractivity contribution in [2.75, 3.05) is 32.1 Å². The summed E-state index contributed by atoms with van der Waals surface area (Å²) in [5.74, 6) is 0.349. The minimum atomic E-state index is -1.31. The number of fused-ring (bicyclic) bond motifs is 1. The van der Waals surface area contributed by atoms with Gasteiger partial charge in [0.25, 0.3) is 0 Å². The maximum atomic E-state index is 13.0. The first-order valence-corrected chi connectivity index (χ1v) is 14.3. The van der Waals surface area contributed by atoms with E-state index in [9.17, 15) is 9.35 Å². The molecule has 0 saturated carbocycles. The van der Waals surface area contributed by atoms with E-state index >= 15 is 0 Å². The fourth-order valence-electron chi connectivity index (χ4n) is 3.68. The molecule has 0 saturated heterocycles. The maximum absolute atomic E-state index is 13.0. The number of hydrogen-bond donors (Lipinski definition) is 2. The van der Waals surface area contributed by atoms with Crippen LogP contribution in [-0.2, 0) is 22.5 Å². The molecule has 0 aliphatic carbocycles. The van der Waals surface area contributed by atoms with Crippen LogP contribution in [0.4, 0.5) is 5.69 Å². The number of carbonyl (C=O) groups excluding carboxylic acids is 1. The molecule has 1 unspecified atom stereocenters. The Kier molecular flexibility index (Phi) is 8.56. The second-order valence-electron chi connectivity index (χ2n) is 8.40. The van der Waals surface area contributed by atoms with E-state index in [4.69, 9.17) is 16.0 Å². The smallest absolute Gasteiger partial charge is 0.234 e. The number of nitriles is 1. The molecule has 8 nitrogen and oxygen atoms in total. The fourth-order valence-corrected chi connectivity index (χ4v) is 6.93. The minimum Gasteiger partial charge on any atom is -0.611 e. The molecule has 1 aromatic carbocycles. The third kappa shape index (κ3) is 6.03. The Morgan fingerprint density at radius 2 is 2.08 bits per heavy atom. The molecule has 0 aliphatic rings. The highest BCUT2D eigenvalue weighted by Crippen LogP contribution is 2.43. The van der Waals surface area contributed by atoms with Crippen LogP contribution in [-0.4, -0.2) is 51.7 Å². The van der Waals surface area contributed by atoms with Crippen LogP contribution < -0.4 is 11.1 Å². The number of rotatable bonds is 10. The average Bonchev–Trinajstić information content (AvgIpc) is 3.51. The summed E-state index contributed by atoms with van der Waals surface area (Å²) in [6.07, 6.45) is 2.65. The van der Waals surface area contributed by atoms with Gasteiger partial charge in [-0.15, -0.1) is 11.3 Å². The van der Waals surface area contributed by atoms with Crippen molar-refractivity contribution in [2.24, 2.45) is 0 Å². The van der Waals surface area contributed by atoms with Gasteiger partial charge in [0.2, 0.25) is 10.1 Å². The van der Waals surface area contributed by atoms with Crippen LogP contribution in [0.5, 0.6) is 0 Å². The Labute approximate surface area is 221 Å². The van der Waals surface area contributed by atoms with Gasteiger partial charge < -0.3 is 20.5 Å². The van der Waals surface area contributed by atoms with Crippen LogP contribution >= 0.6 is 22.7 Å². The molecule has 186 valence electrons. The van der Waals surface area contributed by atoms with Crippen molar-refractivity contribution in [1.82, 2.24) is 20.2 Å². The van der Waals surface area contributed by atoms with E-state index in [1.165, 1.54) is 22.7 Å². The first kappa shape index (κ1) is 26.1. The number of amides is 1. The molecule has 3 heterocycles. The van der Waals surface area contributed by atoms with Gasteiger partial charge in [-0.3, -0.25) is 4.79 Å². The Bertz CT molecular complexity index is 1380. The number of pyridine rings is 1. The van der Waals surface area contributed by atoms with E-state index in [1.807, 2.05) is 54.7 Å². The van der Waals surface area contributed by atoms with Crippen LogP contribution in [0.1, 0.15) is 18.4 Å². The van der Waals surface area contributed by atoms with Gasteiger partial charge in [0, 0.05) is 36.3 Å². The van der Waals surface area contributed by atoms with Gasteiger partial charge in [-0.25, -0.2) is 9.97 Å². The first-order chi connectivity index (χ1) is 17.4. The number of nitrogens with zero attached hydrogens (tertiary/aromatic N) is 4. The molecule has 4 aromatic rings. The van der Waals surface area contributed by atoms with Crippen molar-refractivity contribution < 1.29 is 9.35 Å². The van der Waals surface area contributed by atoms with Crippen molar-refractivity contribution in [3.8, 4) is 27.9 Å². The summed E-state index contributed by atoms with van der Waals surface area (Å²) >= 11 is 1.53. The molecule has 0 spiro atoms. The van der Waals surface area contributed by atoms with E-state index in [0.29, 0.717) is 46.4 Å². The highest BCUT2D eigenvalue weighted by molar-refractivity contribution is 7.93. The number of nitrogens with one attached hydrogen (secondary N) is 1. The Morgan fingerprint density at radius 3 is 2.75 bits per heavy atom. The highest BCUT2D eigenvalue weighted by Gasteiger charge is 2.25. The van der Waals surface area contributed by atoms with Crippen molar-refractivity contribution >= 4 is 55.7 Å². The molecular formula is C25H26N6O2S3. The molecule has 36 heavy (non-hydrogen) atoms. The molecule has 0 fully saturated rings. The quantitative estimate of drug-likeness (QED) is 0.228. The lowest BCUT2D eigenvalue weighted by atomic mass is 10.0. The van der Waals surface area contributed by atoms with Crippen LogP contribution in [0.25, 0.3) is 32.0 Å². The van der Waals surface area contributed by atoms with E-state index in [0.717, 1.165) is 32.8 Å². The third-order valence-electron chi connectivity index (χ3n) is 5.36. The van der Waals surface area contributed by atoms with Gasteiger partial charge in [-0.1, -0.05) is 35.6 Å². The Hall–Kier alpha value is -3.01. The molecule has 0 bridgehead atoms. The molecule has 3 N–H and O–H groups in total. The maximum Gasteiger partial charge on any atom is 0.234 e. The van der Waals surface area contributed by atoms with Crippen LogP contribution in [0, 0.1) is 11.3 Å². The van der Waals surface area contributed by atoms with Crippen molar-refractivity contribution in [3.05, 3.63) is 47.5 Å². The average molecular weight is 539 g/mol. The molecule has 0 aliphatic heterocycles. The summed E-state index contributed by atoms with van der Waals surface area (Å²) in [6.45, 7) is 0.778. The normalized spacial score (nSPS) is 12.1. The molecule has 1 atom stereocenters. The minimum absolute atomic E-state index is 0.0330. The van der Waals surface area contributed by atoms with E-state index in [-0.39, 0.29) is 5.91 Å². The fraction of sp³-hybridized carbons (Fsp3) is 0.280. The summed E-state index contributed by atoms with van der Waals surface area (Å²) in [6, 6.07) is 12.0. The zero-order valence-corrected chi connectivity index (χ0v) is 22.4. The zero-order chi connectivity index (χ0) is 25.7. The van der Waals surface area contributed by atoms with E-state index in [1.54, 1.807) is 6.20 Å². The van der Waals surface area contributed by atoms with Gasteiger partial charge in [-0.05, 0) is 48.0 Å². The number of aromatic nitrogens is 2. The summed E-state index contributed by atoms with van der Waals surface area (Å²) in [7, 11) is 3.71.